The second-order valence-corrected chi connectivity index (χ2v) is 5.30. The van der Waals surface area contributed by atoms with E-state index in [0.29, 0.717) is 6.54 Å². The van der Waals surface area contributed by atoms with Gasteiger partial charge in [0.15, 0.2) is 0 Å². The van der Waals surface area contributed by atoms with Crippen molar-refractivity contribution in [1.29, 1.82) is 0 Å². The average molecular weight is 258 g/mol. The van der Waals surface area contributed by atoms with Crippen LogP contribution in [0.2, 0.25) is 0 Å². The van der Waals surface area contributed by atoms with Gasteiger partial charge in [0, 0.05) is 0 Å². The third kappa shape index (κ3) is 4.98. The molecule has 1 aliphatic rings. The fourth-order valence-corrected chi connectivity index (χ4v) is 2.78. The second kappa shape index (κ2) is 7.88. The van der Waals surface area contributed by atoms with Crippen molar-refractivity contribution in [1.82, 2.24) is 4.90 Å². The van der Waals surface area contributed by atoms with Crippen molar-refractivity contribution in [3.05, 3.63) is 35.9 Å². The van der Waals surface area contributed by atoms with Crippen LogP contribution in [0.25, 0.3) is 0 Å². The molecule has 102 valence electrons. The summed E-state index contributed by atoms with van der Waals surface area (Å²) in [4.78, 5) is 16.0. The third-order valence-electron chi connectivity index (χ3n) is 3.88. The molecule has 0 amide bonds. The van der Waals surface area contributed by atoms with E-state index in [4.69, 9.17) is 0 Å². The number of hydrogen-bond acceptors (Lipinski definition) is 3. The molecule has 0 atom stereocenters. The van der Waals surface area contributed by atoms with E-state index >= 15 is 0 Å². The topological polar surface area (TPSA) is 32.7 Å². The Balaban J connectivity index is 1.66. The summed E-state index contributed by atoms with van der Waals surface area (Å²) in [5, 5.41) is 0. The molecule has 0 aliphatic carbocycles. The van der Waals surface area contributed by atoms with Crippen LogP contribution in [0.1, 0.15) is 24.8 Å². The molecule has 1 aromatic carbocycles. The van der Waals surface area contributed by atoms with Gasteiger partial charge in [0.1, 0.15) is 0 Å². The Labute approximate surface area is 115 Å². The minimum Gasteiger partial charge on any atom is -0.303 e. The quantitative estimate of drug-likeness (QED) is 0.446. The summed E-state index contributed by atoms with van der Waals surface area (Å²) < 4.78 is 0. The van der Waals surface area contributed by atoms with Crippen LogP contribution in [0.3, 0.4) is 0 Å². The Morgan fingerprint density at radius 3 is 2.63 bits per heavy atom. The Morgan fingerprint density at radius 2 is 1.95 bits per heavy atom. The molecule has 1 fully saturated rings. The van der Waals surface area contributed by atoms with Crippen molar-refractivity contribution in [3.8, 4) is 0 Å². The van der Waals surface area contributed by atoms with Gasteiger partial charge in [-0.2, -0.15) is 0 Å². The molecule has 0 N–H and O–H groups in total. The van der Waals surface area contributed by atoms with Gasteiger partial charge in [0.2, 0.25) is 6.08 Å². The maximum Gasteiger partial charge on any atom is 0.234 e. The molecule has 19 heavy (non-hydrogen) atoms. The van der Waals surface area contributed by atoms with Crippen molar-refractivity contribution in [2.75, 3.05) is 26.2 Å². The Bertz CT molecular complexity index is 404. The summed E-state index contributed by atoms with van der Waals surface area (Å²) in [6.07, 6.45) is 6.35. The van der Waals surface area contributed by atoms with Gasteiger partial charge in [0.25, 0.3) is 0 Å². The summed E-state index contributed by atoms with van der Waals surface area (Å²) in [5.41, 5.74) is 1.46. The molecule has 0 spiro atoms. The molecule has 1 saturated heterocycles. The molecular weight excluding hydrogens is 236 g/mol. The van der Waals surface area contributed by atoms with Crippen LogP contribution in [-0.4, -0.2) is 37.2 Å². The second-order valence-electron chi connectivity index (χ2n) is 5.30. The van der Waals surface area contributed by atoms with E-state index in [1.54, 1.807) is 6.08 Å². The number of rotatable bonds is 6. The summed E-state index contributed by atoms with van der Waals surface area (Å²) in [5.74, 6) is 0.826. The molecule has 1 heterocycles. The highest BCUT2D eigenvalue weighted by Crippen LogP contribution is 2.21. The predicted molar refractivity (Wildman–Crippen MR) is 76.9 cm³/mol. The monoisotopic (exact) mass is 258 g/mol. The van der Waals surface area contributed by atoms with E-state index in [9.17, 15) is 4.79 Å². The van der Waals surface area contributed by atoms with Gasteiger partial charge in [-0.15, -0.1) is 0 Å². The summed E-state index contributed by atoms with van der Waals surface area (Å²) in [7, 11) is 0. The lowest BCUT2D eigenvalue weighted by molar-refractivity contribution is 0.183. The number of hydrogen-bond donors (Lipinski definition) is 0. The minimum atomic E-state index is 0.618. The first-order chi connectivity index (χ1) is 9.38. The van der Waals surface area contributed by atoms with Gasteiger partial charge in [-0.25, -0.2) is 9.79 Å². The molecule has 1 aromatic rings. The first kappa shape index (κ1) is 14.0. The third-order valence-corrected chi connectivity index (χ3v) is 3.88. The summed E-state index contributed by atoms with van der Waals surface area (Å²) in [6.45, 7) is 4.04. The molecule has 0 saturated carbocycles. The predicted octanol–water partition coefficient (Wildman–Crippen LogP) is 2.67. The summed E-state index contributed by atoms with van der Waals surface area (Å²) in [6, 6.07) is 10.8. The molecule has 0 aromatic heterocycles. The van der Waals surface area contributed by atoms with Gasteiger partial charge in [-0.3, -0.25) is 0 Å². The number of isocyanates is 1. The zero-order valence-corrected chi connectivity index (χ0v) is 11.4. The minimum absolute atomic E-state index is 0.618. The summed E-state index contributed by atoms with van der Waals surface area (Å²) >= 11 is 0. The molecule has 0 bridgehead atoms. The Morgan fingerprint density at radius 1 is 1.21 bits per heavy atom. The lowest BCUT2D eigenvalue weighted by Crippen LogP contribution is -2.35. The maximum atomic E-state index is 9.97. The van der Waals surface area contributed by atoms with Crippen LogP contribution in [0.5, 0.6) is 0 Å². The van der Waals surface area contributed by atoms with E-state index in [2.05, 4.69) is 40.2 Å². The van der Waals surface area contributed by atoms with Crippen molar-refractivity contribution < 1.29 is 4.79 Å². The lowest BCUT2D eigenvalue weighted by Gasteiger charge is -2.31. The van der Waals surface area contributed by atoms with Crippen LogP contribution < -0.4 is 0 Å². The molecule has 0 unspecified atom stereocenters. The smallest absolute Gasteiger partial charge is 0.234 e. The van der Waals surface area contributed by atoms with Crippen LogP contribution in [0, 0.1) is 5.92 Å². The van der Waals surface area contributed by atoms with Crippen LogP contribution >= 0.6 is 0 Å². The zero-order valence-electron chi connectivity index (χ0n) is 11.4. The van der Waals surface area contributed by atoms with Gasteiger partial charge < -0.3 is 4.90 Å². The van der Waals surface area contributed by atoms with Gasteiger partial charge in [0.05, 0.1) is 6.54 Å². The molecule has 3 nitrogen and oxygen atoms in total. The van der Waals surface area contributed by atoms with Crippen LogP contribution in [0.4, 0.5) is 0 Å². The number of aliphatic imine (C=N–C) groups is 1. The highest BCUT2D eigenvalue weighted by Gasteiger charge is 2.18. The number of carbonyl (C=O) groups excluding carboxylic acids is 1. The highest BCUT2D eigenvalue weighted by molar-refractivity contribution is 5.32. The average Bonchev–Trinajstić information content (AvgIpc) is 2.46. The first-order valence-electron chi connectivity index (χ1n) is 7.18. The lowest BCUT2D eigenvalue weighted by atomic mass is 9.90. The Kier molecular flexibility index (Phi) is 5.80. The van der Waals surface area contributed by atoms with E-state index in [-0.39, 0.29) is 0 Å². The van der Waals surface area contributed by atoms with E-state index in [1.165, 1.54) is 37.9 Å². The SMILES string of the molecule is O=C=NCCCN1CCC(Cc2ccccc2)CC1. The number of piperidine rings is 1. The molecule has 3 heteroatoms. The molecule has 0 radical (unpaired) electrons. The van der Waals surface area contributed by atoms with E-state index in [0.717, 1.165) is 18.9 Å². The highest BCUT2D eigenvalue weighted by atomic mass is 16.1. The van der Waals surface area contributed by atoms with Crippen LogP contribution in [0.15, 0.2) is 35.3 Å². The van der Waals surface area contributed by atoms with E-state index < -0.39 is 0 Å². The standard InChI is InChI=1S/C16H22N2O/c19-14-17-9-4-10-18-11-7-16(8-12-18)13-15-5-2-1-3-6-15/h1-3,5-6,16H,4,7-13H2. The van der Waals surface area contributed by atoms with Gasteiger partial charge in [-0.05, 0) is 56.8 Å². The fourth-order valence-electron chi connectivity index (χ4n) is 2.78. The number of benzene rings is 1. The fraction of sp³-hybridized carbons (Fsp3) is 0.562. The number of likely N-dealkylation sites (tertiary alicyclic amines) is 1. The largest absolute Gasteiger partial charge is 0.303 e. The van der Waals surface area contributed by atoms with Gasteiger partial charge in [-0.1, -0.05) is 30.3 Å². The van der Waals surface area contributed by atoms with Crippen LogP contribution in [-0.2, 0) is 11.2 Å². The molecule has 1 aliphatic heterocycles. The van der Waals surface area contributed by atoms with Crippen molar-refractivity contribution >= 4 is 6.08 Å². The van der Waals surface area contributed by atoms with E-state index in [1.807, 2.05) is 0 Å². The van der Waals surface area contributed by atoms with Crippen molar-refractivity contribution in [3.63, 3.8) is 0 Å². The normalized spacial score (nSPS) is 17.1. The maximum absolute atomic E-state index is 9.97. The number of nitrogens with zero attached hydrogens (tertiary/aromatic N) is 2. The zero-order chi connectivity index (χ0) is 13.3. The first-order valence-corrected chi connectivity index (χ1v) is 7.18. The van der Waals surface area contributed by atoms with Gasteiger partial charge >= 0.3 is 0 Å². The van der Waals surface area contributed by atoms with Crippen molar-refractivity contribution in [2.24, 2.45) is 10.9 Å². The van der Waals surface area contributed by atoms with Crippen molar-refractivity contribution in [2.45, 2.75) is 25.7 Å². The Hall–Kier alpha value is -1.44. The molecular formula is C16H22N2O. The molecule has 2 rings (SSSR count).